The number of halogens is 1. The van der Waals surface area contributed by atoms with Gasteiger partial charge in [-0.1, -0.05) is 34.1 Å². The molecule has 0 aliphatic carbocycles. The topological polar surface area (TPSA) is 63.2 Å². The van der Waals surface area contributed by atoms with E-state index in [1.54, 1.807) is 48.5 Å². The SMILES string of the molecule is CC(=O)/C(=C\C(=O)c1ccc(Br)cc1)C(=O)Nc1ccccc1. The molecule has 1 amide bonds. The van der Waals surface area contributed by atoms with Gasteiger partial charge in [0.2, 0.25) is 0 Å². The Hall–Kier alpha value is -2.53. The van der Waals surface area contributed by atoms with Crippen molar-refractivity contribution in [2.24, 2.45) is 0 Å². The van der Waals surface area contributed by atoms with Crippen LogP contribution in [0.15, 0.2) is 70.7 Å². The van der Waals surface area contributed by atoms with Crippen LogP contribution in [0.4, 0.5) is 5.69 Å². The quantitative estimate of drug-likeness (QED) is 0.376. The Morgan fingerprint density at radius 1 is 0.957 bits per heavy atom. The number of Topliss-reactive ketones (excluding diaryl/α,β-unsaturated/α-hetero) is 1. The molecular weight excluding hydrogens is 358 g/mol. The fourth-order valence-electron chi connectivity index (χ4n) is 1.88. The molecule has 0 aliphatic heterocycles. The number of hydrogen-bond donors (Lipinski definition) is 1. The van der Waals surface area contributed by atoms with Gasteiger partial charge in [-0.25, -0.2) is 0 Å². The number of para-hydroxylation sites is 1. The number of nitrogens with one attached hydrogen (secondary N) is 1. The smallest absolute Gasteiger partial charge is 0.259 e. The van der Waals surface area contributed by atoms with Crippen LogP contribution in [0.25, 0.3) is 0 Å². The predicted molar refractivity (Wildman–Crippen MR) is 92.3 cm³/mol. The molecule has 23 heavy (non-hydrogen) atoms. The van der Waals surface area contributed by atoms with Crippen molar-refractivity contribution >= 4 is 39.1 Å². The highest BCUT2D eigenvalue weighted by Crippen LogP contribution is 2.13. The molecule has 2 aromatic carbocycles. The number of benzene rings is 2. The molecule has 4 nitrogen and oxygen atoms in total. The molecule has 2 rings (SSSR count). The number of rotatable bonds is 5. The van der Waals surface area contributed by atoms with E-state index in [1.165, 1.54) is 6.92 Å². The van der Waals surface area contributed by atoms with Crippen LogP contribution >= 0.6 is 15.9 Å². The van der Waals surface area contributed by atoms with Gasteiger partial charge in [0.25, 0.3) is 5.91 Å². The largest absolute Gasteiger partial charge is 0.322 e. The molecule has 2 aromatic rings. The molecule has 0 bridgehead atoms. The fraction of sp³-hybridized carbons (Fsp3) is 0.0556. The Morgan fingerprint density at radius 2 is 1.57 bits per heavy atom. The van der Waals surface area contributed by atoms with E-state index in [-0.39, 0.29) is 5.57 Å². The van der Waals surface area contributed by atoms with Crippen LogP contribution in [0.3, 0.4) is 0 Å². The lowest BCUT2D eigenvalue weighted by Crippen LogP contribution is -2.20. The first-order valence-electron chi connectivity index (χ1n) is 6.86. The van der Waals surface area contributed by atoms with Gasteiger partial charge < -0.3 is 5.32 Å². The number of hydrogen-bond acceptors (Lipinski definition) is 3. The zero-order chi connectivity index (χ0) is 16.8. The summed E-state index contributed by atoms with van der Waals surface area (Å²) in [5.74, 6) is -1.47. The summed E-state index contributed by atoms with van der Waals surface area (Å²) >= 11 is 3.28. The first-order valence-corrected chi connectivity index (χ1v) is 7.65. The molecular formula is C18H14BrNO3. The van der Waals surface area contributed by atoms with Crippen molar-refractivity contribution in [2.75, 3.05) is 5.32 Å². The van der Waals surface area contributed by atoms with Crippen LogP contribution in [-0.4, -0.2) is 17.5 Å². The highest BCUT2D eigenvalue weighted by molar-refractivity contribution is 9.10. The van der Waals surface area contributed by atoms with Crippen molar-refractivity contribution in [3.63, 3.8) is 0 Å². The number of anilines is 1. The number of amides is 1. The van der Waals surface area contributed by atoms with Gasteiger partial charge >= 0.3 is 0 Å². The van der Waals surface area contributed by atoms with Crippen LogP contribution in [0.2, 0.25) is 0 Å². The van der Waals surface area contributed by atoms with E-state index >= 15 is 0 Å². The zero-order valence-corrected chi connectivity index (χ0v) is 14.0. The molecule has 116 valence electrons. The number of carbonyl (C=O) groups is 3. The summed E-state index contributed by atoms with van der Waals surface area (Å²) in [5, 5.41) is 2.60. The van der Waals surface area contributed by atoms with Gasteiger partial charge in [0.1, 0.15) is 0 Å². The molecule has 0 aromatic heterocycles. The molecule has 0 spiro atoms. The standard InChI is InChI=1S/C18H14BrNO3/c1-12(21)16(18(23)20-15-5-3-2-4-6-15)11-17(22)13-7-9-14(19)10-8-13/h2-11H,1H3,(H,20,23)/b16-11+. The molecule has 0 heterocycles. The Bertz CT molecular complexity index is 765. The second kappa shape index (κ2) is 7.65. The summed E-state index contributed by atoms with van der Waals surface area (Å²) in [6.07, 6.45) is 1.07. The van der Waals surface area contributed by atoms with Crippen molar-refractivity contribution in [3.05, 3.63) is 76.3 Å². The highest BCUT2D eigenvalue weighted by Gasteiger charge is 2.17. The summed E-state index contributed by atoms with van der Waals surface area (Å²) in [6, 6.07) is 15.4. The lowest BCUT2D eigenvalue weighted by molar-refractivity contribution is -0.118. The molecule has 1 N–H and O–H groups in total. The third-order valence-electron chi connectivity index (χ3n) is 3.06. The van der Waals surface area contributed by atoms with Crippen LogP contribution in [-0.2, 0) is 9.59 Å². The monoisotopic (exact) mass is 371 g/mol. The van der Waals surface area contributed by atoms with Crippen molar-refractivity contribution in [1.82, 2.24) is 0 Å². The van der Waals surface area contributed by atoms with E-state index in [2.05, 4.69) is 21.2 Å². The second-order valence-electron chi connectivity index (χ2n) is 4.81. The minimum atomic E-state index is -0.603. The summed E-state index contributed by atoms with van der Waals surface area (Å²) in [7, 11) is 0. The zero-order valence-electron chi connectivity index (χ0n) is 12.4. The van der Waals surface area contributed by atoms with Crippen LogP contribution < -0.4 is 5.32 Å². The van der Waals surface area contributed by atoms with Crippen LogP contribution in [0.1, 0.15) is 17.3 Å². The fourth-order valence-corrected chi connectivity index (χ4v) is 2.14. The molecule has 0 aliphatic rings. The summed E-state index contributed by atoms with van der Waals surface area (Å²) in [5.41, 5.74) is 0.780. The van der Waals surface area contributed by atoms with Crippen molar-refractivity contribution in [1.29, 1.82) is 0 Å². The van der Waals surface area contributed by atoms with E-state index in [0.29, 0.717) is 11.3 Å². The number of allylic oxidation sites excluding steroid dienone is 1. The van der Waals surface area contributed by atoms with Gasteiger partial charge in [-0.3, -0.25) is 14.4 Å². The van der Waals surface area contributed by atoms with Gasteiger partial charge in [0, 0.05) is 21.8 Å². The molecule has 0 fully saturated rings. The molecule has 5 heteroatoms. The second-order valence-corrected chi connectivity index (χ2v) is 5.72. The number of ketones is 2. The van der Waals surface area contributed by atoms with E-state index in [4.69, 9.17) is 0 Å². The Balaban J connectivity index is 2.23. The van der Waals surface area contributed by atoms with Crippen LogP contribution in [0, 0.1) is 0 Å². The summed E-state index contributed by atoms with van der Waals surface area (Å²) < 4.78 is 0.839. The van der Waals surface area contributed by atoms with Gasteiger partial charge in [-0.05, 0) is 43.3 Å². The first-order chi connectivity index (χ1) is 11.0. The highest BCUT2D eigenvalue weighted by atomic mass is 79.9. The number of carbonyl (C=O) groups excluding carboxylic acids is 3. The first kappa shape index (κ1) is 16.8. The van der Waals surface area contributed by atoms with E-state index in [9.17, 15) is 14.4 Å². The lowest BCUT2D eigenvalue weighted by atomic mass is 10.1. The Kier molecular flexibility index (Phi) is 5.60. The van der Waals surface area contributed by atoms with Gasteiger partial charge in [-0.15, -0.1) is 0 Å². The molecule has 0 saturated carbocycles. The van der Waals surface area contributed by atoms with Gasteiger partial charge in [0.05, 0.1) is 5.57 Å². The van der Waals surface area contributed by atoms with Crippen LogP contribution in [0.5, 0.6) is 0 Å². The van der Waals surface area contributed by atoms with Gasteiger partial charge in [0.15, 0.2) is 11.6 Å². The summed E-state index contributed by atoms with van der Waals surface area (Å²) in [6.45, 7) is 1.26. The molecule has 0 atom stereocenters. The molecule has 0 unspecified atom stereocenters. The maximum atomic E-state index is 12.2. The average Bonchev–Trinajstić information content (AvgIpc) is 2.53. The maximum absolute atomic E-state index is 12.2. The average molecular weight is 372 g/mol. The maximum Gasteiger partial charge on any atom is 0.259 e. The third-order valence-corrected chi connectivity index (χ3v) is 3.59. The van der Waals surface area contributed by atoms with Crippen molar-refractivity contribution in [3.8, 4) is 0 Å². The molecule has 0 saturated heterocycles. The normalized spacial score (nSPS) is 11.0. The van der Waals surface area contributed by atoms with E-state index in [0.717, 1.165) is 10.5 Å². The minimum absolute atomic E-state index is 0.179. The van der Waals surface area contributed by atoms with Crippen molar-refractivity contribution in [2.45, 2.75) is 6.92 Å². The lowest BCUT2D eigenvalue weighted by Gasteiger charge is -2.06. The van der Waals surface area contributed by atoms with E-state index < -0.39 is 17.5 Å². The third kappa shape index (κ3) is 4.72. The minimum Gasteiger partial charge on any atom is -0.322 e. The van der Waals surface area contributed by atoms with E-state index in [1.807, 2.05) is 6.07 Å². The summed E-state index contributed by atoms with van der Waals surface area (Å²) in [4.78, 5) is 36.1. The van der Waals surface area contributed by atoms with Gasteiger partial charge in [-0.2, -0.15) is 0 Å². The molecule has 0 radical (unpaired) electrons. The van der Waals surface area contributed by atoms with Crippen molar-refractivity contribution < 1.29 is 14.4 Å². The Labute approximate surface area is 142 Å². The predicted octanol–water partition coefficient (Wildman–Crippen LogP) is 3.79. The Morgan fingerprint density at radius 3 is 2.13 bits per heavy atom.